The van der Waals surface area contributed by atoms with Crippen LogP contribution >= 0.6 is 57.5 Å². The first-order valence-corrected chi connectivity index (χ1v) is 18.6. The SMILES string of the molecule is CC1(C)OB(c2ccccc2)OC1(C)C.Clc1nc(-c2ccccc2)c2c(n1)sc1ccccc12.Clc1nc(Cl)c2c(n1)sc1ccccc12. The van der Waals surface area contributed by atoms with Gasteiger partial charge in [0.1, 0.15) is 14.8 Å². The van der Waals surface area contributed by atoms with Gasteiger partial charge in [-0.25, -0.2) is 19.9 Å². The Balaban J connectivity index is 0.000000120. The quantitative estimate of drug-likeness (QED) is 0.0994. The van der Waals surface area contributed by atoms with Gasteiger partial charge in [-0.15, -0.1) is 22.7 Å². The van der Waals surface area contributed by atoms with E-state index >= 15 is 0 Å². The van der Waals surface area contributed by atoms with Gasteiger partial charge in [0.15, 0.2) is 0 Å². The molecule has 1 saturated heterocycles. The monoisotopic (exact) mass is 754 g/mol. The molecule has 0 radical (unpaired) electrons. The van der Waals surface area contributed by atoms with Crippen molar-refractivity contribution in [1.29, 1.82) is 0 Å². The lowest BCUT2D eigenvalue weighted by Crippen LogP contribution is -2.41. The first-order valence-electron chi connectivity index (χ1n) is 15.8. The largest absolute Gasteiger partial charge is 0.494 e. The fourth-order valence-electron chi connectivity index (χ4n) is 5.55. The highest BCUT2D eigenvalue weighted by Gasteiger charge is 2.51. The van der Waals surface area contributed by atoms with Crippen molar-refractivity contribution in [3.05, 3.63) is 125 Å². The van der Waals surface area contributed by atoms with Gasteiger partial charge in [-0.05, 0) is 68.5 Å². The van der Waals surface area contributed by atoms with Crippen molar-refractivity contribution in [2.24, 2.45) is 0 Å². The second-order valence-electron chi connectivity index (χ2n) is 12.5. The molecule has 6 nitrogen and oxygen atoms in total. The molecular weight excluding hydrogens is 726 g/mol. The van der Waals surface area contributed by atoms with Crippen molar-refractivity contribution < 1.29 is 9.31 Å². The number of fused-ring (bicyclic) bond motifs is 6. The van der Waals surface area contributed by atoms with E-state index in [1.807, 2.05) is 97.1 Å². The molecule has 0 aliphatic carbocycles. The van der Waals surface area contributed by atoms with Crippen LogP contribution in [0.4, 0.5) is 0 Å². The zero-order valence-electron chi connectivity index (χ0n) is 27.5. The maximum Gasteiger partial charge on any atom is 0.494 e. The first kappa shape index (κ1) is 34.8. The Kier molecular flexibility index (Phi) is 9.85. The van der Waals surface area contributed by atoms with E-state index in [9.17, 15) is 0 Å². The molecule has 5 heterocycles. The summed E-state index contributed by atoms with van der Waals surface area (Å²) >= 11 is 21.1. The maximum absolute atomic E-state index is 6.09. The van der Waals surface area contributed by atoms with E-state index in [1.54, 1.807) is 22.7 Å². The van der Waals surface area contributed by atoms with Crippen molar-refractivity contribution in [3.8, 4) is 11.3 Å². The highest BCUT2D eigenvalue weighted by atomic mass is 35.5. The van der Waals surface area contributed by atoms with Gasteiger partial charge in [-0.3, -0.25) is 0 Å². The number of aromatic nitrogens is 4. The van der Waals surface area contributed by atoms with Crippen LogP contribution in [-0.4, -0.2) is 38.3 Å². The molecule has 0 N–H and O–H groups in total. The van der Waals surface area contributed by atoms with Crippen LogP contribution in [-0.2, 0) is 9.31 Å². The maximum atomic E-state index is 6.09. The van der Waals surface area contributed by atoms with Gasteiger partial charge in [0, 0.05) is 31.1 Å². The van der Waals surface area contributed by atoms with Crippen molar-refractivity contribution in [2.75, 3.05) is 0 Å². The van der Waals surface area contributed by atoms with Crippen molar-refractivity contribution >= 4 is 111 Å². The van der Waals surface area contributed by atoms with Crippen LogP contribution in [0.2, 0.25) is 15.7 Å². The lowest BCUT2D eigenvalue weighted by Gasteiger charge is -2.32. The third-order valence-electron chi connectivity index (χ3n) is 8.75. The Morgan fingerprint density at radius 1 is 0.540 bits per heavy atom. The second-order valence-corrected chi connectivity index (χ2v) is 15.6. The Labute approximate surface area is 313 Å². The normalized spacial score (nSPS) is 14.8. The van der Waals surface area contributed by atoms with Gasteiger partial charge in [0.05, 0.1) is 22.3 Å². The molecule has 12 heteroatoms. The minimum atomic E-state index is -0.256. The van der Waals surface area contributed by atoms with Gasteiger partial charge < -0.3 is 9.31 Å². The van der Waals surface area contributed by atoms with Crippen LogP contribution in [0.15, 0.2) is 109 Å². The van der Waals surface area contributed by atoms with Gasteiger partial charge in [-0.2, -0.15) is 0 Å². The van der Waals surface area contributed by atoms with E-state index in [0.717, 1.165) is 47.2 Å². The Morgan fingerprint density at radius 2 is 1.00 bits per heavy atom. The predicted molar refractivity (Wildman–Crippen MR) is 212 cm³/mol. The number of rotatable bonds is 2. The third kappa shape index (κ3) is 6.96. The van der Waals surface area contributed by atoms with E-state index in [-0.39, 0.29) is 23.6 Å². The standard InChI is InChI=1S/C16H9ClN2S.C12H17BO2.C10H4Cl2N2S/c17-16-18-14(10-6-2-1-3-7-10)13-11-8-4-5-9-12(11)20-15(13)19-16;1-11(2)12(3,4)15-13(14-11)10-8-6-5-7-9-10;11-8-7-5-3-1-2-4-6(5)15-9(7)14-10(12)13-8/h1-9H;5-9H,1-4H3;1-4H. The lowest BCUT2D eigenvalue weighted by molar-refractivity contribution is 0.00578. The van der Waals surface area contributed by atoms with Crippen molar-refractivity contribution in [1.82, 2.24) is 19.9 Å². The van der Waals surface area contributed by atoms with Crippen LogP contribution in [0.3, 0.4) is 0 Å². The molecule has 1 aliphatic heterocycles. The highest BCUT2D eigenvalue weighted by Crippen LogP contribution is 2.39. The van der Waals surface area contributed by atoms with Crippen molar-refractivity contribution in [3.63, 3.8) is 0 Å². The molecule has 1 aliphatic rings. The molecule has 0 unspecified atom stereocenters. The van der Waals surface area contributed by atoms with Gasteiger partial charge >= 0.3 is 7.12 Å². The predicted octanol–water partition coefficient (Wildman–Crippen LogP) is 11.3. The molecule has 4 aromatic carbocycles. The van der Waals surface area contributed by atoms with Gasteiger partial charge in [0.25, 0.3) is 0 Å². The smallest absolute Gasteiger partial charge is 0.399 e. The minimum absolute atomic E-state index is 0.194. The molecular formula is C38H30BCl3N4O2S2. The lowest BCUT2D eigenvalue weighted by atomic mass is 9.79. The number of halogens is 3. The average Bonchev–Trinajstić information content (AvgIpc) is 3.73. The summed E-state index contributed by atoms with van der Waals surface area (Å²) < 4.78 is 14.2. The zero-order valence-corrected chi connectivity index (χ0v) is 31.4. The third-order valence-corrected chi connectivity index (χ3v) is 11.5. The molecule has 0 saturated carbocycles. The summed E-state index contributed by atoms with van der Waals surface area (Å²) in [6.07, 6.45) is 0. The summed E-state index contributed by atoms with van der Waals surface area (Å²) in [7, 11) is -0.240. The van der Waals surface area contributed by atoms with Crippen LogP contribution in [0.1, 0.15) is 27.7 Å². The van der Waals surface area contributed by atoms with Gasteiger partial charge in [-0.1, -0.05) is 109 Å². The molecule has 1 fully saturated rings. The molecule has 0 bridgehead atoms. The first-order chi connectivity index (χ1) is 24.0. The number of hydrogen-bond acceptors (Lipinski definition) is 8. The summed E-state index contributed by atoms with van der Waals surface area (Å²) in [5, 5.41) is 5.15. The second kappa shape index (κ2) is 14.2. The Hall–Kier alpha value is -3.67. The minimum Gasteiger partial charge on any atom is -0.399 e. The number of nitrogens with zero attached hydrogens (tertiary/aromatic N) is 4. The van der Waals surface area contributed by atoms with E-state index in [2.05, 4.69) is 59.8 Å². The van der Waals surface area contributed by atoms with Crippen molar-refractivity contribution in [2.45, 2.75) is 38.9 Å². The van der Waals surface area contributed by atoms with Crippen LogP contribution < -0.4 is 5.46 Å². The van der Waals surface area contributed by atoms with Crippen LogP contribution in [0.25, 0.3) is 51.9 Å². The fourth-order valence-corrected chi connectivity index (χ4v) is 8.51. The van der Waals surface area contributed by atoms with Crippen LogP contribution in [0, 0.1) is 0 Å². The van der Waals surface area contributed by atoms with Crippen LogP contribution in [0.5, 0.6) is 0 Å². The average molecular weight is 756 g/mol. The molecule has 8 aromatic rings. The molecule has 0 amide bonds. The summed E-state index contributed by atoms with van der Waals surface area (Å²) in [4.78, 5) is 18.7. The fraction of sp³-hybridized carbons (Fsp3) is 0.158. The van der Waals surface area contributed by atoms with E-state index in [0.29, 0.717) is 10.4 Å². The summed E-state index contributed by atoms with van der Waals surface area (Å²) in [6, 6.07) is 36.4. The summed E-state index contributed by atoms with van der Waals surface area (Å²) in [5.41, 5.74) is 2.53. The summed E-state index contributed by atoms with van der Waals surface area (Å²) in [5.74, 6) is 0. The topological polar surface area (TPSA) is 70.0 Å². The zero-order chi connectivity index (χ0) is 35.0. The highest BCUT2D eigenvalue weighted by molar-refractivity contribution is 7.26. The number of hydrogen-bond donors (Lipinski definition) is 0. The van der Waals surface area contributed by atoms with E-state index in [1.165, 1.54) is 10.1 Å². The molecule has 0 atom stereocenters. The molecule has 0 spiro atoms. The van der Waals surface area contributed by atoms with E-state index in [4.69, 9.17) is 44.1 Å². The molecule has 50 heavy (non-hydrogen) atoms. The van der Waals surface area contributed by atoms with E-state index < -0.39 is 0 Å². The number of thiophene rings is 2. The Bertz CT molecular complexity index is 2440. The molecule has 4 aromatic heterocycles. The molecule has 9 rings (SSSR count). The van der Waals surface area contributed by atoms with Gasteiger partial charge in [0.2, 0.25) is 10.6 Å². The molecule has 250 valence electrons. The summed E-state index contributed by atoms with van der Waals surface area (Å²) in [6.45, 7) is 8.26. The number of benzene rings is 4. The Morgan fingerprint density at radius 3 is 1.58 bits per heavy atom.